The van der Waals surface area contributed by atoms with E-state index in [9.17, 15) is 0 Å². The normalized spacial score (nSPS) is 15.3. The predicted molar refractivity (Wildman–Crippen MR) is 85.8 cm³/mol. The molecule has 0 radical (unpaired) electrons. The molecular weight excluding hydrogens is 246 g/mol. The van der Waals surface area contributed by atoms with Gasteiger partial charge in [-0.3, -0.25) is 0 Å². The van der Waals surface area contributed by atoms with Crippen LogP contribution in [0.25, 0.3) is 0 Å². The third-order valence-electron chi connectivity index (χ3n) is 4.27. The second-order valence-electron chi connectivity index (χ2n) is 6.70. The zero-order valence-corrected chi connectivity index (χ0v) is 13.3. The summed E-state index contributed by atoms with van der Waals surface area (Å²) in [6, 6.07) is 4.93. The van der Waals surface area contributed by atoms with Crippen molar-refractivity contribution in [3.05, 3.63) is 23.9 Å². The summed E-state index contributed by atoms with van der Waals surface area (Å²) >= 11 is 0. The molecule has 1 aliphatic rings. The summed E-state index contributed by atoms with van der Waals surface area (Å²) in [6.45, 7) is 11.2. The highest BCUT2D eigenvalue weighted by molar-refractivity contribution is 5.43. The van der Waals surface area contributed by atoms with Crippen molar-refractivity contribution in [2.75, 3.05) is 11.9 Å². The van der Waals surface area contributed by atoms with E-state index in [0.717, 1.165) is 24.9 Å². The first-order valence-corrected chi connectivity index (χ1v) is 7.99. The Labute approximate surface area is 123 Å². The lowest BCUT2D eigenvalue weighted by molar-refractivity contribution is 0.304. The van der Waals surface area contributed by atoms with Crippen molar-refractivity contribution < 1.29 is 0 Å². The van der Waals surface area contributed by atoms with Crippen LogP contribution < -0.4 is 10.6 Å². The number of anilines is 1. The predicted octanol–water partition coefficient (Wildman–Crippen LogP) is 3.67. The summed E-state index contributed by atoms with van der Waals surface area (Å²) in [5.41, 5.74) is 1.28. The number of rotatable bonds is 8. The quantitative estimate of drug-likeness (QED) is 0.760. The number of hydrogen-bond acceptors (Lipinski definition) is 3. The van der Waals surface area contributed by atoms with Gasteiger partial charge in [-0.05, 0) is 36.7 Å². The Morgan fingerprint density at radius 2 is 1.90 bits per heavy atom. The first kappa shape index (κ1) is 15.3. The van der Waals surface area contributed by atoms with Gasteiger partial charge in [-0.15, -0.1) is 0 Å². The number of nitrogens with one attached hydrogen (secondary N) is 2. The van der Waals surface area contributed by atoms with Crippen LogP contribution >= 0.6 is 0 Å². The van der Waals surface area contributed by atoms with Gasteiger partial charge in [-0.25, -0.2) is 4.98 Å². The van der Waals surface area contributed by atoms with Crippen molar-refractivity contribution >= 4 is 5.82 Å². The van der Waals surface area contributed by atoms with E-state index in [1.165, 1.54) is 18.4 Å². The van der Waals surface area contributed by atoms with Crippen molar-refractivity contribution in [2.45, 2.75) is 53.1 Å². The summed E-state index contributed by atoms with van der Waals surface area (Å²) in [7, 11) is 0. The Bertz CT molecular complexity index is 402. The molecule has 1 aromatic rings. The van der Waals surface area contributed by atoms with Crippen molar-refractivity contribution in [2.24, 2.45) is 17.8 Å². The first-order chi connectivity index (χ1) is 9.58. The first-order valence-electron chi connectivity index (χ1n) is 7.99. The van der Waals surface area contributed by atoms with Crippen molar-refractivity contribution in [3.63, 3.8) is 0 Å². The SMILES string of the molecule is CC(C)C(CNc1ncccc1CNC1CC1)C(C)C. The van der Waals surface area contributed by atoms with Gasteiger partial charge in [0.05, 0.1) is 0 Å². The molecule has 20 heavy (non-hydrogen) atoms. The largest absolute Gasteiger partial charge is 0.370 e. The van der Waals surface area contributed by atoms with Crippen LogP contribution in [0.4, 0.5) is 5.82 Å². The maximum Gasteiger partial charge on any atom is 0.130 e. The van der Waals surface area contributed by atoms with Crippen molar-refractivity contribution in [1.82, 2.24) is 10.3 Å². The smallest absolute Gasteiger partial charge is 0.130 e. The van der Waals surface area contributed by atoms with Gasteiger partial charge in [0.15, 0.2) is 0 Å². The summed E-state index contributed by atoms with van der Waals surface area (Å²) < 4.78 is 0. The van der Waals surface area contributed by atoms with Gasteiger partial charge in [0, 0.05) is 30.9 Å². The molecule has 1 fully saturated rings. The van der Waals surface area contributed by atoms with E-state index >= 15 is 0 Å². The number of nitrogens with zero attached hydrogens (tertiary/aromatic N) is 1. The average Bonchev–Trinajstić information content (AvgIpc) is 3.21. The van der Waals surface area contributed by atoms with Crippen LogP contribution in [0.1, 0.15) is 46.1 Å². The molecule has 0 saturated heterocycles. The lowest BCUT2D eigenvalue weighted by Crippen LogP contribution is -2.25. The van der Waals surface area contributed by atoms with Crippen LogP contribution in [0, 0.1) is 17.8 Å². The lowest BCUT2D eigenvalue weighted by Gasteiger charge is -2.25. The van der Waals surface area contributed by atoms with E-state index < -0.39 is 0 Å². The Kier molecular flexibility index (Phi) is 5.41. The van der Waals surface area contributed by atoms with E-state index in [-0.39, 0.29) is 0 Å². The zero-order chi connectivity index (χ0) is 14.5. The van der Waals surface area contributed by atoms with Crippen LogP contribution in [0.2, 0.25) is 0 Å². The molecule has 1 heterocycles. The molecule has 2 rings (SSSR count). The van der Waals surface area contributed by atoms with E-state index in [1.807, 2.05) is 12.3 Å². The lowest BCUT2D eigenvalue weighted by atomic mass is 9.85. The van der Waals surface area contributed by atoms with E-state index in [4.69, 9.17) is 0 Å². The molecule has 0 unspecified atom stereocenters. The van der Waals surface area contributed by atoms with Gasteiger partial charge >= 0.3 is 0 Å². The topological polar surface area (TPSA) is 37.0 Å². The van der Waals surface area contributed by atoms with Gasteiger partial charge in [0.1, 0.15) is 5.82 Å². The zero-order valence-electron chi connectivity index (χ0n) is 13.3. The van der Waals surface area contributed by atoms with Gasteiger partial charge in [0.25, 0.3) is 0 Å². The Balaban J connectivity index is 1.93. The molecule has 112 valence electrons. The second-order valence-corrected chi connectivity index (χ2v) is 6.70. The van der Waals surface area contributed by atoms with Crippen molar-refractivity contribution in [3.8, 4) is 0 Å². The molecule has 0 aromatic carbocycles. The molecule has 1 aromatic heterocycles. The third-order valence-corrected chi connectivity index (χ3v) is 4.27. The maximum atomic E-state index is 4.52. The summed E-state index contributed by atoms with van der Waals surface area (Å²) in [4.78, 5) is 4.52. The van der Waals surface area contributed by atoms with Crippen LogP contribution in [-0.2, 0) is 6.54 Å². The molecule has 2 N–H and O–H groups in total. The van der Waals surface area contributed by atoms with Crippen LogP contribution in [0.3, 0.4) is 0 Å². The highest BCUT2D eigenvalue weighted by Gasteiger charge is 2.21. The van der Waals surface area contributed by atoms with Gasteiger partial charge in [0.2, 0.25) is 0 Å². The number of hydrogen-bond donors (Lipinski definition) is 2. The van der Waals surface area contributed by atoms with Crippen molar-refractivity contribution in [1.29, 1.82) is 0 Å². The van der Waals surface area contributed by atoms with Crippen LogP contribution in [0.15, 0.2) is 18.3 Å². The number of pyridine rings is 1. The molecule has 3 nitrogen and oxygen atoms in total. The fourth-order valence-corrected chi connectivity index (χ4v) is 2.74. The summed E-state index contributed by atoms with van der Waals surface area (Å²) in [6.07, 6.45) is 4.53. The minimum atomic E-state index is 0.682. The van der Waals surface area contributed by atoms with E-state index in [1.54, 1.807) is 0 Å². The van der Waals surface area contributed by atoms with Gasteiger partial charge < -0.3 is 10.6 Å². The molecule has 0 aliphatic heterocycles. The molecule has 0 atom stereocenters. The second kappa shape index (κ2) is 7.07. The number of aromatic nitrogens is 1. The standard InChI is InChI=1S/C17H29N3/c1-12(2)16(13(3)4)11-20-17-14(6-5-9-18-17)10-19-15-7-8-15/h5-6,9,12-13,15-16,19H,7-8,10-11H2,1-4H3,(H,18,20). The third kappa shape index (κ3) is 4.48. The molecular formula is C17H29N3. The van der Waals surface area contributed by atoms with Gasteiger partial charge in [-0.1, -0.05) is 33.8 Å². The fraction of sp³-hybridized carbons (Fsp3) is 0.706. The fourth-order valence-electron chi connectivity index (χ4n) is 2.74. The van der Waals surface area contributed by atoms with Crippen LogP contribution in [0.5, 0.6) is 0 Å². The Hall–Kier alpha value is -1.09. The minimum absolute atomic E-state index is 0.682. The molecule has 3 heteroatoms. The highest BCUT2D eigenvalue weighted by atomic mass is 15.0. The molecule has 0 spiro atoms. The maximum absolute atomic E-state index is 4.52. The summed E-state index contributed by atoms with van der Waals surface area (Å²) in [5, 5.41) is 7.14. The molecule has 0 amide bonds. The van der Waals surface area contributed by atoms with E-state index in [0.29, 0.717) is 17.8 Å². The van der Waals surface area contributed by atoms with Crippen LogP contribution in [-0.4, -0.2) is 17.6 Å². The van der Waals surface area contributed by atoms with E-state index in [2.05, 4.69) is 49.4 Å². The Morgan fingerprint density at radius 1 is 1.20 bits per heavy atom. The molecule has 0 bridgehead atoms. The highest BCUT2D eigenvalue weighted by Crippen LogP contribution is 2.23. The molecule has 1 saturated carbocycles. The molecule has 1 aliphatic carbocycles. The Morgan fingerprint density at radius 3 is 2.50 bits per heavy atom. The minimum Gasteiger partial charge on any atom is -0.370 e. The monoisotopic (exact) mass is 275 g/mol. The summed E-state index contributed by atoms with van der Waals surface area (Å²) in [5.74, 6) is 3.12. The van der Waals surface area contributed by atoms with Gasteiger partial charge in [-0.2, -0.15) is 0 Å². The average molecular weight is 275 g/mol.